The Balaban J connectivity index is 2.42. The molecule has 110 valence electrons. The highest BCUT2D eigenvalue weighted by Crippen LogP contribution is 2.13. The number of amides is 1. The third kappa shape index (κ3) is 5.56. The van der Waals surface area contributed by atoms with Crippen molar-refractivity contribution in [3.8, 4) is 0 Å². The number of carbonyl (C=O) groups excluding carboxylic acids is 2. The maximum atomic E-state index is 11.7. The molecule has 1 amide bonds. The number of ether oxygens (including phenoxy) is 1. The maximum Gasteiger partial charge on any atom is 0.332 e. The van der Waals surface area contributed by atoms with Crippen molar-refractivity contribution in [1.29, 1.82) is 0 Å². The van der Waals surface area contributed by atoms with E-state index in [1.165, 1.54) is 6.08 Å². The van der Waals surface area contributed by atoms with Crippen LogP contribution in [0.2, 0.25) is 0 Å². The molecular weight excluding hydrogens is 326 g/mol. The van der Waals surface area contributed by atoms with Gasteiger partial charge in [-0.3, -0.25) is 9.48 Å². The van der Waals surface area contributed by atoms with Crippen molar-refractivity contribution < 1.29 is 14.3 Å². The van der Waals surface area contributed by atoms with Crippen LogP contribution in [0.4, 0.5) is 0 Å². The molecule has 0 aliphatic heterocycles. The van der Waals surface area contributed by atoms with E-state index in [1.807, 2.05) is 13.1 Å². The zero-order valence-corrected chi connectivity index (χ0v) is 13.4. The van der Waals surface area contributed by atoms with Gasteiger partial charge in [0, 0.05) is 30.9 Å². The summed E-state index contributed by atoms with van der Waals surface area (Å²) in [6.45, 7) is 6.04. The number of esters is 1. The first-order valence-electron chi connectivity index (χ1n) is 6.26. The Morgan fingerprint density at radius 1 is 1.55 bits per heavy atom. The lowest BCUT2D eigenvalue weighted by atomic mass is 10.3. The summed E-state index contributed by atoms with van der Waals surface area (Å²) in [7, 11) is 0. The third-order valence-corrected chi connectivity index (χ3v) is 3.19. The second-order valence-electron chi connectivity index (χ2n) is 4.20. The molecule has 0 spiro atoms. The molecule has 0 atom stereocenters. The fraction of sp³-hybridized carbons (Fsp3) is 0.462. The second-order valence-corrected chi connectivity index (χ2v) is 5.06. The number of rotatable bonds is 6. The van der Waals surface area contributed by atoms with Crippen LogP contribution in [0.25, 0.3) is 0 Å². The fourth-order valence-corrected chi connectivity index (χ4v) is 1.82. The standard InChI is InChI=1S/C13H18BrN3O3/c1-4-20-13(19)7-9(2)15-12(18)5-6-17-8-11(14)10(3)16-17/h7-8H,4-6H2,1-3H3,(H,15,18)/b9-7+. The van der Waals surface area contributed by atoms with Crippen molar-refractivity contribution in [3.05, 3.63) is 28.1 Å². The van der Waals surface area contributed by atoms with Crippen molar-refractivity contribution in [2.24, 2.45) is 0 Å². The van der Waals surface area contributed by atoms with Crippen LogP contribution >= 0.6 is 15.9 Å². The Hall–Kier alpha value is -1.63. The molecule has 0 aliphatic carbocycles. The molecule has 1 heterocycles. The number of nitrogens with zero attached hydrogens (tertiary/aromatic N) is 2. The van der Waals surface area contributed by atoms with Crippen LogP contribution in [0.5, 0.6) is 0 Å². The molecule has 0 aliphatic rings. The van der Waals surface area contributed by atoms with E-state index in [9.17, 15) is 9.59 Å². The number of allylic oxidation sites excluding steroid dienone is 1. The van der Waals surface area contributed by atoms with Crippen LogP contribution in [-0.4, -0.2) is 28.3 Å². The zero-order chi connectivity index (χ0) is 15.1. The smallest absolute Gasteiger partial charge is 0.332 e. The second kappa shape index (κ2) is 7.84. The molecule has 0 aromatic carbocycles. The van der Waals surface area contributed by atoms with Crippen molar-refractivity contribution in [3.63, 3.8) is 0 Å². The molecular formula is C13H18BrN3O3. The van der Waals surface area contributed by atoms with Gasteiger partial charge >= 0.3 is 5.97 Å². The van der Waals surface area contributed by atoms with Gasteiger partial charge in [0.05, 0.1) is 16.8 Å². The number of carbonyl (C=O) groups is 2. The van der Waals surface area contributed by atoms with E-state index >= 15 is 0 Å². The Morgan fingerprint density at radius 3 is 2.80 bits per heavy atom. The minimum atomic E-state index is -0.461. The summed E-state index contributed by atoms with van der Waals surface area (Å²) in [6, 6.07) is 0. The third-order valence-electron chi connectivity index (χ3n) is 2.41. The van der Waals surface area contributed by atoms with E-state index in [0.29, 0.717) is 18.8 Å². The number of nitrogens with one attached hydrogen (secondary N) is 1. The number of halogens is 1. The average molecular weight is 344 g/mol. The molecule has 0 saturated carbocycles. The number of hydrogen-bond donors (Lipinski definition) is 1. The molecule has 0 radical (unpaired) electrons. The molecule has 0 fully saturated rings. The van der Waals surface area contributed by atoms with Gasteiger partial charge < -0.3 is 10.1 Å². The first-order chi connectivity index (χ1) is 9.42. The van der Waals surface area contributed by atoms with Gasteiger partial charge in [-0.15, -0.1) is 0 Å². The van der Waals surface area contributed by atoms with E-state index in [2.05, 4.69) is 26.3 Å². The SMILES string of the molecule is CCOC(=O)/C=C(\C)NC(=O)CCn1cc(Br)c(C)n1. The first kappa shape index (κ1) is 16.4. The number of aromatic nitrogens is 2. The zero-order valence-electron chi connectivity index (χ0n) is 11.8. The lowest BCUT2D eigenvalue weighted by Crippen LogP contribution is -2.23. The van der Waals surface area contributed by atoms with Crippen molar-refractivity contribution >= 4 is 27.8 Å². The van der Waals surface area contributed by atoms with E-state index in [-0.39, 0.29) is 12.3 Å². The summed E-state index contributed by atoms with van der Waals surface area (Å²) in [5.41, 5.74) is 1.34. The topological polar surface area (TPSA) is 73.2 Å². The quantitative estimate of drug-likeness (QED) is 0.632. The van der Waals surface area contributed by atoms with Crippen LogP contribution in [0.1, 0.15) is 26.0 Å². The first-order valence-corrected chi connectivity index (χ1v) is 7.06. The summed E-state index contributed by atoms with van der Waals surface area (Å²) in [5.74, 6) is -0.635. The van der Waals surface area contributed by atoms with Crippen LogP contribution in [0.15, 0.2) is 22.4 Å². The average Bonchev–Trinajstić information content (AvgIpc) is 2.66. The number of hydrogen-bond acceptors (Lipinski definition) is 4. The normalized spacial score (nSPS) is 11.3. The highest BCUT2D eigenvalue weighted by molar-refractivity contribution is 9.10. The Kier molecular flexibility index (Phi) is 6.44. The summed E-state index contributed by atoms with van der Waals surface area (Å²) in [5, 5.41) is 6.86. The minimum Gasteiger partial charge on any atom is -0.463 e. The molecule has 7 heteroatoms. The van der Waals surface area contributed by atoms with Gasteiger partial charge in [-0.1, -0.05) is 0 Å². The summed E-state index contributed by atoms with van der Waals surface area (Å²) >= 11 is 3.36. The molecule has 1 aromatic heterocycles. The monoisotopic (exact) mass is 343 g/mol. The summed E-state index contributed by atoms with van der Waals surface area (Å²) in [4.78, 5) is 22.9. The highest BCUT2D eigenvalue weighted by Gasteiger charge is 2.06. The van der Waals surface area contributed by atoms with Gasteiger partial charge in [0.2, 0.25) is 5.91 Å². The molecule has 1 aromatic rings. The van der Waals surface area contributed by atoms with E-state index < -0.39 is 5.97 Å². The Labute approximate surface area is 126 Å². The molecule has 0 saturated heterocycles. The van der Waals surface area contributed by atoms with E-state index in [0.717, 1.165) is 10.2 Å². The van der Waals surface area contributed by atoms with Gasteiger partial charge in [0.25, 0.3) is 0 Å². The van der Waals surface area contributed by atoms with Gasteiger partial charge in [-0.05, 0) is 36.7 Å². The summed E-state index contributed by atoms with van der Waals surface area (Å²) in [6.07, 6.45) is 3.36. The maximum absolute atomic E-state index is 11.7. The highest BCUT2D eigenvalue weighted by atomic mass is 79.9. The Morgan fingerprint density at radius 2 is 2.25 bits per heavy atom. The van der Waals surface area contributed by atoms with Crippen molar-refractivity contribution in [2.75, 3.05) is 6.61 Å². The Bertz CT molecular complexity index is 503. The largest absolute Gasteiger partial charge is 0.463 e. The predicted octanol–water partition coefficient (Wildman–Crippen LogP) is 1.93. The minimum absolute atomic E-state index is 0.174. The van der Waals surface area contributed by atoms with Crippen LogP contribution in [0.3, 0.4) is 0 Å². The molecule has 20 heavy (non-hydrogen) atoms. The lowest BCUT2D eigenvalue weighted by Gasteiger charge is -2.05. The molecule has 1 N–H and O–H groups in total. The molecule has 0 bridgehead atoms. The van der Waals surface area contributed by atoms with Crippen LogP contribution in [-0.2, 0) is 20.9 Å². The van der Waals surface area contributed by atoms with Crippen molar-refractivity contribution in [2.45, 2.75) is 33.7 Å². The predicted molar refractivity (Wildman–Crippen MR) is 77.8 cm³/mol. The number of aryl methyl sites for hydroxylation is 2. The van der Waals surface area contributed by atoms with E-state index in [1.54, 1.807) is 18.5 Å². The lowest BCUT2D eigenvalue weighted by molar-refractivity contribution is -0.137. The van der Waals surface area contributed by atoms with Gasteiger partial charge in [0.1, 0.15) is 0 Å². The fourth-order valence-electron chi connectivity index (χ4n) is 1.50. The van der Waals surface area contributed by atoms with Gasteiger partial charge in [-0.2, -0.15) is 5.10 Å². The molecule has 6 nitrogen and oxygen atoms in total. The molecule has 1 rings (SSSR count). The molecule has 0 unspecified atom stereocenters. The van der Waals surface area contributed by atoms with Gasteiger partial charge in [0.15, 0.2) is 0 Å². The van der Waals surface area contributed by atoms with E-state index in [4.69, 9.17) is 4.74 Å². The van der Waals surface area contributed by atoms with Gasteiger partial charge in [-0.25, -0.2) is 4.79 Å². The van der Waals surface area contributed by atoms with Crippen LogP contribution in [0, 0.1) is 6.92 Å². The van der Waals surface area contributed by atoms with Crippen molar-refractivity contribution in [1.82, 2.24) is 15.1 Å². The summed E-state index contributed by atoms with van der Waals surface area (Å²) < 4.78 is 7.36. The van der Waals surface area contributed by atoms with Crippen LogP contribution < -0.4 is 5.32 Å².